The summed E-state index contributed by atoms with van der Waals surface area (Å²) in [5.74, 6) is -1.44. The first-order valence-electron chi connectivity index (χ1n) is 8.30. The van der Waals surface area contributed by atoms with E-state index in [-0.39, 0.29) is 31.2 Å². The number of hydrogen-bond acceptors (Lipinski definition) is 6. The van der Waals surface area contributed by atoms with E-state index in [1.54, 1.807) is 24.3 Å². The number of benzene rings is 1. The van der Waals surface area contributed by atoms with Crippen molar-refractivity contribution >= 4 is 23.5 Å². The Balaban J connectivity index is 2.56. The van der Waals surface area contributed by atoms with Crippen LogP contribution in [-0.4, -0.2) is 66.7 Å². The molecule has 0 aliphatic heterocycles. The van der Waals surface area contributed by atoms with Gasteiger partial charge in [0.2, 0.25) is 5.91 Å². The third-order valence-electron chi connectivity index (χ3n) is 3.22. The molecule has 0 saturated carbocycles. The minimum absolute atomic E-state index is 0.0801. The minimum Gasteiger partial charge on any atom is -0.452 e. The van der Waals surface area contributed by atoms with E-state index in [0.717, 1.165) is 0 Å². The predicted molar refractivity (Wildman–Crippen MR) is 97.8 cm³/mol. The van der Waals surface area contributed by atoms with Crippen LogP contribution in [0.25, 0.3) is 0 Å². The van der Waals surface area contributed by atoms with Gasteiger partial charge in [0.25, 0.3) is 5.91 Å². The van der Waals surface area contributed by atoms with E-state index in [9.17, 15) is 14.4 Å². The summed E-state index contributed by atoms with van der Waals surface area (Å²) in [6.07, 6.45) is 0. The Kier molecular flexibility index (Phi) is 8.05. The molecule has 144 valence electrons. The number of likely N-dealkylation sites (N-methyl/N-ethyl adjacent to an activating group) is 1. The highest BCUT2D eigenvalue weighted by Gasteiger charge is 2.19. The number of anilines is 1. The molecular weight excluding hydrogens is 338 g/mol. The van der Waals surface area contributed by atoms with Crippen molar-refractivity contribution in [2.75, 3.05) is 38.7 Å². The fourth-order valence-corrected chi connectivity index (χ4v) is 2.08. The van der Waals surface area contributed by atoms with E-state index in [2.05, 4.69) is 10.6 Å². The van der Waals surface area contributed by atoms with Crippen LogP contribution in [0, 0.1) is 0 Å². The van der Waals surface area contributed by atoms with E-state index < -0.39 is 24.0 Å². The molecule has 0 radical (unpaired) electrons. The summed E-state index contributed by atoms with van der Waals surface area (Å²) in [7, 11) is 1.47. The molecule has 0 heterocycles. The number of aliphatic hydroxyl groups excluding tert-OH is 1. The van der Waals surface area contributed by atoms with Crippen LogP contribution in [-0.2, 0) is 14.3 Å². The van der Waals surface area contributed by atoms with Crippen molar-refractivity contribution in [1.82, 2.24) is 10.2 Å². The van der Waals surface area contributed by atoms with Gasteiger partial charge in [-0.25, -0.2) is 4.79 Å². The van der Waals surface area contributed by atoms with Crippen LogP contribution in [0.15, 0.2) is 24.3 Å². The first-order valence-corrected chi connectivity index (χ1v) is 8.30. The molecule has 2 amide bonds. The number of nitrogens with one attached hydrogen (secondary N) is 2. The smallest absolute Gasteiger partial charge is 0.340 e. The quantitative estimate of drug-likeness (QED) is 0.583. The van der Waals surface area contributed by atoms with E-state index >= 15 is 0 Å². The van der Waals surface area contributed by atoms with Gasteiger partial charge in [0.1, 0.15) is 0 Å². The number of hydrogen-bond donors (Lipinski definition) is 3. The molecule has 0 fully saturated rings. The Labute approximate surface area is 153 Å². The first kappa shape index (κ1) is 21.4. The number of esters is 1. The highest BCUT2D eigenvalue weighted by Crippen LogP contribution is 2.15. The highest BCUT2D eigenvalue weighted by atomic mass is 16.5. The molecule has 1 aromatic rings. The van der Waals surface area contributed by atoms with Gasteiger partial charge in [0.05, 0.1) is 18.7 Å². The topological polar surface area (TPSA) is 108 Å². The van der Waals surface area contributed by atoms with Crippen molar-refractivity contribution in [2.45, 2.75) is 26.3 Å². The minimum atomic E-state index is -0.660. The number of rotatable bonds is 8. The molecule has 0 aliphatic rings. The number of nitrogens with zero attached hydrogens (tertiary/aromatic N) is 1. The summed E-state index contributed by atoms with van der Waals surface area (Å²) in [6, 6.07) is 6.65. The van der Waals surface area contributed by atoms with Gasteiger partial charge in [-0.05, 0) is 32.9 Å². The van der Waals surface area contributed by atoms with Gasteiger partial charge in [-0.3, -0.25) is 9.59 Å². The third-order valence-corrected chi connectivity index (χ3v) is 3.22. The predicted octanol–water partition coefficient (Wildman–Crippen LogP) is 0.621. The van der Waals surface area contributed by atoms with Gasteiger partial charge in [-0.2, -0.15) is 0 Å². The maximum atomic E-state index is 12.2. The molecule has 0 bridgehead atoms. The molecule has 0 atom stereocenters. The van der Waals surface area contributed by atoms with E-state index in [0.29, 0.717) is 5.69 Å². The Morgan fingerprint density at radius 2 is 1.85 bits per heavy atom. The van der Waals surface area contributed by atoms with E-state index in [1.807, 2.05) is 20.8 Å². The van der Waals surface area contributed by atoms with Crippen LogP contribution in [0.2, 0.25) is 0 Å². The molecule has 1 aromatic carbocycles. The van der Waals surface area contributed by atoms with Crippen molar-refractivity contribution in [3.8, 4) is 0 Å². The number of aliphatic hydroxyl groups is 1. The zero-order chi connectivity index (χ0) is 19.7. The lowest BCUT2D eigenvalue weighted by molar-refractivity contribution is -0.137. The highest BCUT2D eigenvalue weighted by molar-refractivity contribution is 5.97. The molecular formula is C18H27N3O5. The maximum Gasteiger partial charge on any atom is 0.340 e. The molecule has 0 spiro atoms. The lowest BCUT2D eigenvalue weighted by Gasteiger charge is -2.23. The second-order valence-corrected chi connectivity index (χ2v) is 6.82. The number of ether oxygens (including phenoxy) is 1. The standard InChI is InChI=1S/C18H27N3O5/c1-18(2,3)20-15(23)11-21(4)16(24)12-26-17(25)13-7-5-6-8-14(13)19-9-10-22/h5-8,19,22H,9-12H2,1-4H3,(H,20,23). The van der Waals surface area contributed by atoms with Gasteiger partial charge in [-0.1, -0.05) is 12.1 Å². The molecule has 26 heavy (non-hydrogen) atoms. The van der Waals surface area contributed by atoms with Crippen LogP contribution < -0.4 is 10.6 Å². The van der Waals surface area contributed by atoms with Gasteiger partial charge < -0.3 is 25.4 Å². The molecule has 0 unspecified atom stereocenters. The molecule has 0 saturated heterocycles. The zero-order valence-electron chi connectivity index (χ0n) is 15.7. The number of para-hydroxylation sites is 1. The molecule has 8 heteroatoms. The number of carbonyl (C=O) groups is 3. The summed E-state index contributed by atoms with van der Waals surface area (Å²) in [4.78, 5) is 37.3. The van der Waals surface area contributed by atoms with Gasteiger partial charge in [0, 0.05) is 24.8 Å². The Morgan fingerprint density at radius 3 is 2.46 bits per heavy atom. The van der Waals surface area contributed by atoms with Crippen LogP contribution >= 0.6 is 0 Å². The third kappa shape index (κ3) is 7.52. The summed E-state index contributed by atoms with van der Waals surface area (Å²) < 4.78 is 5.05. The first-order chi connectivity index (χ1) is 12.1. The fourth-order valence-electron chi connectivity index (χ4n) is 2.08. The Bertz CT molecular complexity index is 640. The fraction of sp³-hybridized carbons (Fsp3) is 0.500. The van der Waals surface area contributed by atoms with Gasteiger partial charge in [0.15, 0.2) is 6.61 Å². The van der Waals surface area contributed by atoms with Gasteiger partial charge in [-0.15, -0.1) is 0 Å². The largest absolute Gasteiger partial charge is 0.452 e. The zero-order valence-corrected chi connectivity index (χ0v) is 15.7. The lowest BCUT2D eigenvalue weighted by atomic mass is 10.1. The molecule has 3 N–H and O–H groups in total. The second kappa shape index (κ2) is 9.76. The van der Waals surface area contributed by atoms with Crippen LogP contribution in [0.1, 0.15) is 31.1 Å². The van der Waals surface area contributed by atoms with Gasteiger partial charge >= 0.3 is 5.97 Å². The monoisotopic (exact) mass is 365 g/mol. The van der Waals surface area contributed by atoms with Crippen molar-refractivity contribution in [3.05, 3.63) is 29.8 Å². The Morgan fingerprint density at radius 1 is 1.19 bits per heavy atom. The summed E-state index contributed by atoms with van der Waals surface area (Å²) in [5.41, 5.74) is 0.386. The normalized spacial score (nSPS) is 10.8. The van der Waals surface area contributed by atoms with Crippen molar-refractivity contribution in [3.63, 3.8) is 0 Å². The lowest BCUT2D eigenvalue weighted by Crippen LogP contribution is -2.46. The van der Waals surface area contributed by atoms with Crippen LogP contribution in [0.3, 0.4) is 0 Å². The molecule has 0 aliphatic carbocycles. The second-order valence-electron chi connectivity index (χ2n) is 6.82. The average molecular weight is 365 g/mol. The molecule has 8 nitrogen and oxygen atoms in total. The maximum absolute atomic E-state index is 12.2. The summed E-state index contributed by atoms with van der Waals surface area (Å²) in [5, 5.41) is 14.5. The number of carbonyl (C=O) groups excluding carboxylic acids is 3. The van der Waals surface area contributed by atoms with Crippen molar-refractivity contribution < 1.29 is 24.2 Å². The van der Waals surface area contributed by atoms with Crippen LogP contribution in [0.4, 0.5) is 5.69 Å². The molecule has 1 rings (SSSR count). The SMILES string of the molecule is CN(CC(=O)NC(C)(C)C)C(=O)COC(=O)c1ccccc1NCCO. The van der Waals surface area contributed by atoms with Crippen molar-refractivity contribution in [1.29, 1.82) is 0 Å². The van der Waals surface area contributed by atoms with E-state index in [1.165, 1.54) is 11.9 Å². The summed E-state index contributed by atoms with van der Waals surface area (Å²) >= 11 is 0. The van der Waals surface area contributed by atoms with Crippen molar-refractivity contribution in [2.24, 2.45) is 0 Å². The van der Waals surface area contributed by atoms with E-state index in [4.69, 9.17) is 9.84 Å². The number of amides is 2. The Hall–Kier alpha value is -2.61. The average Bonchev–Trinajstić information content (AvgIpc) is 2.55. The summed E-state index contributed by atoms with van der Waals surface area (Å²) in [6.45, 7) is 5.15. The van der Waals surface area contributed by atoms with Crippen LogP contribution in [0.5, 0.6) is 0 Å². The molecule has 0 aromatic heterocycles.